The SMILES string of the molecule is CC(=O)N[C@H]1[C@H](OC[C@H]2O[C@@H](O[C@H]3[C@H](O)[C@@H](CO)O[C@@H](O[C@H]4[C@@H](O)[C@@H](CO)O[C@@H](O[C@H]5[C@H](O)[C@@H](O)[C@H](OC[C@@H](CO)NC=O)O[C@@H]5CO)[C@@H]4O)[C@@H]3NC(C)=O)[C@H](O)[C@@H](O)[C@H]2O)O[C@H](CO)[C@@H](O[C@@H]2O[C@H](CO)[C@H](O)[C@H](O)[C@H]2O)[C@@H]1O. The fourth-order valence-corrected chi connectivity index (χ4v) is 9.80. The fourth-order valence-electron chi connectivity index (χ4n) is 9.80. The van der Waals surface area contributed by atoms with Crippen LogP contribution in [0, 0.1) is 0 Å². The molecule has 0 aliphatic carbocycles. The molecule has 0 saturated carbocycles. The molecule has 6 fully saturated rings. The number of hydrogen-bond donors (Lipinski definition) is 21. The van der Waals surface area contributed by atoms with Gasteiger partial charge in [0.15, 0.2) is 37.7 Å². The maximum atomic E-state index is 12.8. The Kier molecular flexibility index (Phi) is 24.7. The highest BCUT2D eigenvalue weighted by atomic mass is 16.8. The van der Waals surface area contributed by atoms with E-state index < -0.39 is 255 Å². The monoisotopic (exact) mass is 1170 g/mol. The average Bonchev–Trinajstić information content (AvgIpc) is 3.45. The Morgan fingerprint density at radius 1 is 0.412 bits per heavy atom. The Labute approximate surface area is 453 Å². The van der Waals surface area contributed by atoms with E-state index in [2.05, 4.69) is 16.0 Å². The van der Waals surface area contributed by atoms with Crippen molar-refractivity contribution in [2.24, 2.45) is 0 Å². The lowest BCUT2D eigenvalue weighted by molar-refractivity contribution is -0.382. The lowest BCUT2D eigenvalue weighted by Crippen LogP contribution is -2.70. The molecule has 6 rings (SSSR count). The highest BCUT2D eigenvalue weighted by Crippen LogP contribution is 2.36. The van der Waals surface area contributed by atoms with Crippen molar-refractivity contribution in [2.45, 2.75) is 204 Å². The molecule has 0 bridgehead atoms. The van der Waals surface area contributed by atoms with Crippen LogP contribution in [0.3, 0.4) is 0 Å². The molecule has 80 heavy (non-hydrogen) atoms. The summed E-state index contributed by atoms with van der Waals surface area (Å²) >= 11 is 0. The highest BCUT2D eigenvalue weighted by molar-refractivity contribution is 5.73. The first-order valence-corrected chi connectivity index (χ1v) is 25.3. The van der Waals surface area contributed by atoms with Crippen molar-refractivity contribution in [3.05, 3.63) is 0 Å². The lowest BCUT2D eigenvalue weighted by Gasteiger charge is -2.50. The lowest BCUT2D eigenvalue weighted by atomic mass is 9.94. The molecule has 0 unspecified atom stereocenters. The first-order chi connectivity index (χ1) is 38.0. The summed E-state index contributed by atoms with van der Waals surface area (Å²) in [6.07, 6.45) is -52.7. The predicted octanol–water partition coefficient (Wildman–Crippen LogP) is -14.7. The second-order valence-electron chi connectivity index (χ2n) is 19.7. The summed E-state index contributed by atoms with van der Waals surface area (Å²) in [4.78, 5) is 36.1. The third-order valence-electron chi connectivity index (χ3n) is 14.2. The number of hydrogen-bond acceptors (Lipinski definition) is 33. The third-order valence-corrected chi connectivity index (χ3v) is 14.2. The zero-order valence-electron chi connectivity index (χ0n) is 42.8. The van der Waals surface area contributed by atoms with Crippen LogP contribution in [0.4, 0.5) is 0 Å². The smallest absolute Gasteiger partial charge is 0.217 e. The minimum absolute atomic E-state index is 0.273. The van der Waals surface area contributed by atoms with Gasteiger partial charge in [0.2, 0.25) is 18.2 Å². The van der Waals surface area contributed by atoms with Gasteiger partial charge in [-0.15, -0.1) is 0 Å². The molecule has 3 amide bonds. The van der Waals surface area contributed by atoms with Gasteiger partial charge in [-0.25, -0.2) is 0 Å². The van der Waals surface area contributed by atoms with Gasteiger partial charge in [-0.2, -0.15) is 0 Å². The topological polar surface area (TPSA) is 562 Å². The van der Waals surface area contributed by atoms with Crippen molar-refractivity contribution < 1.29 is 163 Å². The van der Waals surface area contributed by atoms with Crippen LogP contribution in [0.2, 0.25) is 0 Å². The van der Waals surface area contributed by atoms with E-state index in [9.17, 15) is 106 Å². The number of ether oxygens (including phenoxy) is 12. The summed E-state index contributed by atoms with van der Waals surface area (Å²) in [5, 5.41) is 200. The molecule has 6 heterocycles. The van der Waals surface area contributed by atoms with E-state index in [4.69, 9.17) is 56.8 Å². The average molecular weight is 1170 g/mol. The molecule has 0 radical (unpaired) electrons. The van der Waals surface area contributed by atoms with Crippen molar-refractivity contribution in [3.8, 4) is 0 Å². The Bertz CT molecular complexity index is 1920. The predicted molar refractivity (Wildman–Crippen MR) is 246 cm³/mol. The largest absolute Gasteiger partial charge is 0.394 e. The van der Waals surface area contributed by atoms with Gasteiger partial charge in [0.05, 0.1) is 58.9 Å². The quantitative estimate of drug-likeness (QED) is 0.0399. The number of carbonyl (C=O) groups is 3. The van der Waals surface area contributed by atoms with Gasteiger partial charge in [0, 0.05) is 13.8 Å². The van der Waals surface area contributed by atoms with Crippen LogP contribution in [-0.2, 0) is 71.2 Å². The molecule has 0 aromatic carbocycles. The molecule has 31 atom stereocenters. The van der Waals surface area contributed by atoms with Gasteiger partial charge in [-0.1, -0.05) is 0 Å². The van der Waals surface area contributed by atoms with Crippen LogP contribution in [0.1, 0.15) is 13.8 Å². The molecular weight excluding hydrogens is 1100 g/mol. The van der Waals surface area contributed by atoms with Gasteiger partial charge >= 0.3 is 0 Å². The van der Waals surface area contributed by atoms with E-state index in [0.717, 1.165) is 13.8 Å². The number of carbonyl (C=O) groups excluding carboxylic acids is 3. The van der Waals surface area contributed by atoms with Gasteiger partial charge in [-0.3, -0.25) is 14.4 Å². The number of amides is 3. The van der Waals surface area contributed by atoms with Gasteiger partial charge in [0.1, 0.15) is 146 Å². The third kappa shape index (κ3) is 15.0. The number of aliphatic hydroxyl groups is 18. The zero-order valence-corrected chi connectivity index (χ0v) is 42.8. The normalized spacial score (nSPS) is 46.8. The molecule has 6 saturated heterocycles. The van der Waals surface area contributed by atoms with Crippen LogP contribution < -0.4 is 16.0 Å². The molecule has 0 aromatic heterocycles. The molecule has 6 aliphatic heterocycles. The van der Waals surface area contributed by atoms with Crippen molar-refractivity contribution >= 4 is 18.2 Å². The highest BCUT2D eigenvalue weighted by Gasteiger charge is 2.57. The first kappa shape index (κ1) is 66.4. The number of rotatable bonds is 24. The summed E-state index contributed by atoms with van der Waals surface area (Å²) in [6, 6.07) is -4.41. The number of aliphatic hydroxyl groups excluding tert-OH is 18. The van der Waals surface area contributed by atoms with Crippen LogP contribution in [0.25, 0.3) is 0 Å². The summed E-state index contributed by atoms with van der Waals surface area (Å²) < 4.78 is 68.7. The molecule has 21 N–H and O–H groups in total. The van der Waals surface area contributed by atoms with Crippen molar-refractivity contribution in [3.63, 3.8) is 0 Å². The maximum Gasteiger partial charge on any atom is 0.217 e. The molecule has 0 spiro atoms. The Morgan fingerprint density at radius 2 is 0.812 bits per heavy atom. The fraction of sp³-hybridized carbons (Fsp3) is 0.932. The maximum absolute atomic E-state index is 12.8. The Balaban J connectivity index is 1.18. The van der Waals surface area contributed by atoms with E-state index >= 15 is 0 Å². The van der Waals surface area contributed by atoms with Crippen molar-refractivity contribution in [1.82, 2.24) is 16.0 Å². The van der Waals surface area contributed by atoms with E-state index in [1.54, 1.807) is 0 Å². The second kappa shape index (κ2) is 29.8. The van der Waals surface area contributed by atoms with Crippen LogP contribution >= 0.6 is 0 Å². The standard InChI is InChI=1S/C44H75N3O33/c1-12(55)46-21-27(61)35(77-42-31(65)28(62)23(57)15(4-49)72-42)18(7-52)74-39(21)70-10-20-24(58)29(63)32(66)43(76-20)79-37-22(47-13(2)56)40(71-16(5-50)25(37)59)80-38-26(60)17(6-51)73-44(34(38)68)78-36-19(8-53)75-41(33(67)30(36)64)69-9-14(3-48)45-11-54/h11,14-44,48-53,57-68H,3-10H2,1-2H3,(H,45,54)(H,46,55)(H,47,56)/t14-,15-,16-,17-,18-,19-,20-,21-,22-,23+,24+,25-,26+,27-,28+,29+,30-,31-,32-,33-,34-,35-,36-,37-,38+,39-,40+,41-,42+,43+,44+/m1/s1. The van der Waals surface area contributed by atoms with Gasteiger partial charge < -0.3 is 165 Å². The molecule has 464 valence electrons. The van der Waals surface area contributed by atoms with Crippen molar-refractivity contribution in [2.75, 3.05) is 52.9 Å². The summed E-state index contributed by atoms with van der Waals surface area (Å²) in [7, 11) is 0. The molecule has 0 aromatic rings. The Hall–Kier alpha value is -2.79. The Morgan fingerprint density at radius 3 is 1.32 bits per heavy atom. The van der Waals surface area contributed by atoms with E-state index in [1.165, 1.54) is 0 Å². The van der Waals surface area contributed by atoms with E-state index in [1.807, 2.05) is 0 Å². The molecule has 36 nitrogen and oxygen atoms in total. The molecule has 36 heteroatoms. The second-order valence-corrected chi connectivity index (χ2v) is 19.7. The minimum atomic E-state index is -2.21. The van der Waals surface area contributed by atoms with Crippen molar-refractivity contribution in [1.29, 1.82) is 0 Å². The summed E-state index contributed by atoms with van der Waals surface area (Å²) in [6.45, 7) is -4.67. The van der Waals surface area contributed by atoms with E-state index in [0.29, 0.717) is 0 Å². The minimum Gasteiger partial charge on any atom is -0.394 e. The first-order valence-electron chi connectivity index (χ1n) is 25.3. The van der Waals surface area contributed by atoms with Crippen LogP contribution in [0.5, 0.6) is 0 Å². The zero-order chi connectivity index (χ0) is 59.0. The van der Waals surface area contributed by atoms with Crippen LogP contribution in [0.15, 0.2) is 0 Å². The summed E-state index contributed by atoms with van der Waals surface area (Å²) in [5.41, 5.74) is 0. The van der Waals surface area contributed by atoms with E-state index in [-0.39, 0.29) is 6.41 Å². The molecular formula is C44H75N3O33. The van der Waals surface area contributed by atoms with Crippen LogP contribution in [-0.4, -0.2) is 353 Å². The van der Waals surface area contributed by atoms with Gasteiger partial charge in [0.25, 0.3) is 0 Å². The van der Waals surface area contributed by atoms with Gasteiger partial charge in [-0.05, 0) is 0 Å². The molecule has 6 aliphatic rings. The number of nitrogens with one attached hydrogen (secondary N) is 3. The summed E-state index contributed by atoms with van der Waals surface area (Å²) in [5.74, 6) is -1.67.